The maximum Gasteiger partial charge on any atom is 0.269 e. The van der Waals surface area contributed by atoms with Crippen LogP contribution in [0.3, 0.4) is 0 Å². The summed E-state index contributed by atoms with van der Waals surface area (Å²) in [5.41, 5.74) is 0. The molecule has 0 fully saturated rings. The molecule has 0 amide bonds. The summed E-state index contributed by atoms with van der Waals surface area (Å²) in [5.74, 6) is 1.48. The molecule has 0 spiro atoms. The molecular weight excluding hydrogens is 226 g/mol. The van der Waals surface area contributed by atoms with Crippen molar-refractivity contribution in [2.24, 2.45) is 0 Å². The first-order valence-electron chi connectivity index (χ1n) is 4.98. The van der Waals surface area contributed by atoms with Gasteiger partial charge in [0.1, 0.15) is 11.5 Å². The van der Waals surface area contributed by atoms with E-state index in [2.05, 4.69) is 29.0 Å². The standard InChI is InChI=1S/C10H13N3O2S/c1-6(2)10-11-4-7(16-10)9-12-8(5-14-3)13-15-9/h4,6H,5H2,1-3H3. The minimum Gasteiger partial charge on any atom is -0.377 e. The Morgan fingerprint density at radius 3 is 2.94 bits per heavy atom. The fourth-order valence-corrected chi connectivity index (χ4v) is 2.04. The summed E-state index contributed by atoms with van der Waals surface area (Å²) in [4.78, 5) is 9.42. The van der Waals surface area contributed by atoms with Crippen molar-refractivity contribution in [1.29, 1.82) is 0 Å². The number of methoxy groups -OCH3 is 1. The van der Waals surface area contributed by atoms with E-state index >= 15 is 0 Å². The number of hydrogen-bond acceptors (Lipinski definition) is 6. The zero-order valence-corrected chi connectivity index (χ0v) is 10.2. The van der Waals surface area contributed by atoms with Gasteiger partial charge in [0.2, 0.25) is 0 Å². The van der Waals surface area contributed by atoms with Gasteiger partial charge < -0.3 is 9.26 Å². The van der Waals surface area contributed by atoms with Crippen molar-refractivity contribution >= 4 is 11.3 Å². The fourth-order valence-electron chi connectivity index (χ4n) is 1.20. The molecule has 0 N–H and O–H groups in total. The second-order valence-corrected chi connectivity index (χ2v) is 4.73. The van der Waals surface area contributed by atoms with Crippen LogP contribution < -0.4 is 0 Å². The Balaban J connectivity index is 2.21. The molecule has 2 aromatic rings. The maximum absolute atomic E-state index is 5.13. The predicted molar refractivity (Wildman–Crippen MR) is 60.2 cm³/mol. The third kappa shape index (κ3) is 2.28. The third-order valence-electron chi connectivity index (χ3n) is 1.97. The van der Waals surface area contributed by atoms with Crippen LogP contribution in [-0.2, 0) is 11.3 Å². The van der Waals surface area contributed by atoms with Gasteiger partial charge in [-0.3, -0.25) is 0 Å². The van der Waals surface area contributed by atoms with Crippen molar-refractivity contribution in [3.8, 4) is 10.8 Å². The van der Waals surface area contributed by atoms with Crippen molar-refractivity contribution in [2.45, 2.75) is 26.4 Å². The molecule has 2 rings (SSSR count). The van der Waals surface area contributed by atoms with E-state index in [1.807, 2.05) is 0 Å². The van der Waals surface area contributed by atoms with E-state index in [1.54, 1.807) is 24.6 Å². The van der Waals surface area contributed by atoms with Crippen LogP contribution in [0.5, 0.6) is 0 Å². The maximum atomic E-state index is 5.13. The fraction of sp³-hybridized carbons (Fsp3) is 0.500. The Morgan fingerprint density at radius 1 is 1.50 bits per heavy atom. The smallest absolute Gasteiger partial charge is 0.269 e. The quantitative estimate of drug-likeness (QED) is 0.820. The molecule has 0 bridgehead atoms. The molecule has 0 atom stereocenters. The summed E-state index contributed by atoms with van der Waals surface area (Å²) in [6.07, 6.45) is 1.77. The summed E-state index contributed by atoms with van der Waals surface area (Å²) in [5, 5.41) is 4.88. The van der Waals surface area contributed by atoms with E-state index < -0.39 is 0 Å². The van der Waals surface area contributed by atoms with E-state index in [1.165, 1.54) is 0 Å². The lowest BCUT2D eigenvalue weighted by Gasteiger charge is -1.94. The first kappa shape index (κ1) is 11.2. The van der Waals surface area contributed by atoms with Crippen molar-refractivity contribution < 1.29 is 9.26 Å². The minimum atomic E-state index is 0.360. The van der Waals surface area contributed by atoms with E-state index in [0.29, 0.717) is 24.2 Å². The monoisotopic (exact) mass is 239 g/mol. The lowest BCUT2D eigenvalue weighted by atomic mass is 10.2. The van der Waals surface area contributed by atoms with Crippen molar-refractivity contribution in [2.75, 3.05) is 7.11 Å². The molecule has 16 heavy (non-hydrogen) atoms. The predicted octanol–water partition coefficient (Wildman–Crippen LogP) is 2.46. The van der Waals surface area contributed by atoms with Gasteiger partial charge in [-0.1, -0.05) is 19.0 Å². The highest BCUT2D eigenvalue weighted by atomic mass is 32.1. The van der Waals surface area contributed by atoms with Crippen molar-refractivity contribution in [1.82, 2.24) is 15.1 Å². The highest BCUT2D eigenvalue weighted by Crippen LogP contribution is 2.28. The van der Waals surface area contributed by atoms with Crippen LogP contribution in [-0.4, -0.2) is 22.2 Å². The molecule has 0 aliphatic rings. The zero-order chi connectivity index (χ0) is 11.5. The van der Waals surface area contributed by atoms with Crippen LogP contribution in [0.25, 0.3) is 10.8 Å². The number of hydrogen-bond donors (Lipinski definition) is 0. The van der Waals surface area contributed by atoms with Crippen molar-refractivity contribution in [3.63, 3.8) is 0 Å². The van der Waals surface area contributed by atoms with Gasteiger partial charge in [-0.15, -0.1) is 11.3 Å². The van der Waals surface area contributed by atoms with Gasteiger partial charge in [0.25, 0.3) is 5.89 Å². The number of aromatic nitrogens is 3. The Morgan fingerprint density at radius 2 is 2.31 bits per heavy atom. The summed E-state index contributed by atoms with van der Waals surface area (Å²) < 4.78 is 10.0. The normalized spacial score (nSPS) is 11.2. The molecular formula is C10H13N3O2S. The number of thiazole rings is 1. The molecule has 0 unspecified atom stereocenters. The summed E-state index contributed by atoms with van der Waals surface area (Å²) >= 11 is 1.58. The molecule has 2 heterocycles. The Hall–Kier alpha value is -1.27. The van der Waals surface area contributed by atoms with Crippen LogP contribution in [0.1, 0.15) is 30.6 Å². The molecule has 0 radical (unpaired) electrons. The van der Waals surface area contributed by atoms with Gasteiger partial charge in [0.15, 0.2) is 5.82 Å². The lowest BCUT2D eigenvalue weighted by molar-refractivity contribution is 0.174. The number of nitrogens with zero attached hydrogens (tertiary/aromatic N) is 3. The molecule has 0 aromatic carbocycles. The largest absolute Gasteiger partial charge is 0.377 e. The van der Waals surface area contributed by atoms with E-state index in [9.17, 15) is 0 Å². The van der Waals surface area contributed by atoms with Gasteiger partial charge in [0.05, 0.1) is 11.2 Å². The third-order valence-corrected chi connectivity index (χ3v) is 3.26. The molecule has 0 aliphatic carbocycles. The summed E-state index contributed by atoms with van der Waals surface area (Å²) in [6.45, 7) is 4.57. The highest BCUT2D eigenvalue weighted by Gasteiger charge is 2.13. The average molecular weight is 239 g/mol. The summed E-state index contributed by atoms with van der Waals surface area (Å²) in [7, 11) is 1.60. The minimum absolute atomic E-state index is 0.360. The number of rotatable bonds is 4. The molecule has 5 nitrogen and oxygen atoms in total. The van der Waals surface area contributed by atoms with Gasteiger partial charge in [-0.2, -0.15) is 4.98 Å². The van der Waals surface area contributed by atoms with Crippen molar-refractivity contribution in [3.05, 3.63) is 17.0 Å². The van der Waals surface area contributed by atoms with E-state index in [4.69, 9.17) is 9.26 Å². The highest BCUT2D eigenvalue weighted by molar-refractivity contribution is 7.15. The molecule has 0 saturated carbocycles. The van der Waals surface area contributed by atoms with Gasteiger partial charge in [-0.25, -0.2) is 4.98 Å². The molecule has 86 valence electrons. The van der Waals surface area contributed by atoms with Crippen LogP contribution >= 0.6 is 11.3 Å². The second kappa shape index (κ2) is 4.71. The van der Waals surface area contributed by atoms with Gasteiger partial charge in [-0.05, 0) is 0 Å². The van der Waals surface area contributed by atoms with Gasteiger partial charge >= 0.3 is 0 Å². The first-order valence-corrected chi connectivity index (χ1v) is 5.80. The average Bonchev–Trinajstić information content (AvgIpc) is 2.84. The Labute approximate surface area is 97.5 Å². The lowest BCUT2D eigenvalue weighted by Crippen LogP contribution is -1.88. The molecule has 6 heteroatoms. The van der Waals surface area contributed by atoms with Crippen LogP contribution in [0.2, 0.25) is 0 Å². The summed E-state index contributed by atoms with van der Waals surface area (Å²) in [6, 6.07) is 0. The Bertz CT molecular complexity index is 464. The zero-order valence-electron chi connectivity index (χ0n) is 9.43. The van der Waals surface area contributed by atoms with Gasteiger partial charge in [0, 0.05) is 13.0 Å². The van der Waals surface area contributed by atoms with Crippen LogP contribution in [0, 0.1) is 0 Å². The molecule has 2 aromatic heterocycles. The molecule has 0 saturated heterocycles. The van der Waals surface area contributed by atoms with Crippen LogP contribution in [0.4, 0.5) is 0 Å². The number of ether oxygens (including phenoxy) is 1. The van der Waals surface area contributed by atoms with Crippen LogP contribution in [0.15, 0.2) is 10.7 Å². The topological polar surface area (TPSA) is 61.0 Å². The van der Waals surface area contributed by atoms with E-state index in [0.717, 1.165) is 9.88 Å². The first-order chi connectivity index (χ1) is 7.70. The van der Waals surface area contributed by atoms with E-state index in [-0.39, 0.29) is 0 Å². The Kier molecular flexibility index (Phi) is 3.31. The molecule has 0 aliphatic heterocycles. The second-order valence-electron chi connectivity index (χ2n) is 3.67. The SMILES string of the molecule is COCc1noc(-c2cnc(C(C)C)s2)n1.